The summed E-state index contributed by atoms with van der Waals surface area (Å²) in [6.45, 7) is 0.459. The Balaban J connectivity index is 2.12. The molecule has 3 rings (SSSR count). The summed E-state index contributed by atoms with van der Waals surface area (Å²) in [5.41, 5.74) is 3.83. The molecule has 2 aromatic rings. The maximum atomic E-state index is 12.8. The van der Waals surface area contributed by atoms with Crippen molar-refractivity contribution in [3.63, 3.8) is 0 Å². The van der Waals surface area contributed by atoms with Crippen LogP contribution in [0.25, 0.3) is 10.9 Å². The Morgan fingerprint density at radius 1 is 1.38 bits per heavy atom. The van der Waals surface area contributed by atoms with E-state index < -0.39 is 0 Å². The Hall–Kier alpha value is -2.41. The molecule has 0 fully saturated rings. The zero-order chi connectivity index (χ0) is 14.8. The van der Waals surface area contributed by atoms with Gasteiger partial charge in [0.2, 0.25) is 0 Å². The summed E-state index contributed by atoms with van der Waals surface area (Å²) in [5, 5.41) is 9.62. The third kappa shape index (κ3) is 2.36. The topological polar surface area (TPSA) is 57.0 Å². The van der Waals surface area contributed by atoms with Gasteiger partial charge in [0.15, 0.2) is 0 Å². The molecule has 0 saturated carbocycles. The Labute approximate surface area is 124 Å². The summed E-state index contributed by atoms with van der Waals surface area (Å²) in [5.74, 6) is 0.00185. The monoisotopic (exact) mass is 279 g/mol. The molecule has 0 saturated heterocycles. The van der Waals surface area contributed by atoms with Crippen LogP contribution in [0.15, 0.2) is 24.3 Å². The van der Waals surface area contributed by atoms with Gasteiger partial charge in [-0.05, 0) is 30.9 Å². The van der Waals surface area contributed by atoms with Gasteiger partial charge in [0.05, 0.1) is 23.6 Å². The first-order valence-corrected chi connectivity index (χ1v) is 7.25. The average Bonchev–Trinajstić information content (AvgIpc) is 2.97. The molecule has 0 bridgehead atoms. The van der Waals surface area contributed by atoms with Gasteiger partial charge in [-0.3, -0.25) is 9.78 Å². The van der Waals surface area contributed by atoms with Crippen molar-refractivity contribution in [3.05, 3.63) is 41.1 Å². The summed E-state index contributed by atoms with van der Waals surface area (Å²) in [6, 6.07) is 9.90. The van der Waals surface area contributed by atoms with E-state index >= 15 is 0 Å². The van der Waals surface area contributed by atoms with Gasteiger partial charge in [0, 0.05) is 24.7 Å². The number of aryl methyl sites for hydroxylation is 1. The molecule has 4 heteroatoms. The second-order valence-electron chi connectivity index (χ2n) is 5.42. The lowest BCUT2D eigenvalue weighted by Crippen LogP contribution is -2.29. The van der Waals surface area contributed by atoms with E-state index in [1.165, 1.54) is 0 Å². The standard InChI is InChI=1S/C17H17N3O/c1-20(11-5-10-18)17(21)16-12-6-2-3-8-14(12)19-15-9-4-7-13(15)16/h2-3,6,8H,4-5,7,9,11H2,1H3. The second-order valence-corrected chi connectivity index (χ2v) is 5.42. The number of hydrogen-bond donors (Lipinski definition) is 0. The number of benzene rings is 1. The molecule has 21 heavy (non-hydrogen) atoms. The Morgan fingerprint density at radius 2 is 2.19 bits per heavy atom. The number of aromatic nitrogens is 1. The van der Waals surface area contributed by atoms with Crippen LogP contribution in [0, 0.1) is 11.3 Å². The van der Waals surface area contributed by atoms with Crippen molar-refractivity contribution < 1.29 is 4.79 Å². The van der Waals surface area contributed by atoms with Crippen LogP contribution >= 0.6 is 0 Å². The highest BCUT2D eigenvalue weighted by molar-refractivity contribution is 6.07. The highest BCUT2D eigenvalue weighted by Gasteiger charge is 2.25. The van der Waals surface area contributed by atoms with Gasteiger partial charge in [0.25, 0.3) is 5.91 Å². The van der Waals surface area contributed by atoms with Crippen LogP contribution in [0.5, 0.6) is 0 Å². The van der Waals surface area contributed by atoms with Gasteiger partial charge < -0.3 is 4.90 Å². The van der Waals surface area contributed by atoms with Crippen molar-refractivity contribution >= 4 is 16.8 Å². The van der Waals surface area contributed by atoms with Gasteiger partial charge in [-0.15, -0.1) is 0 Å². The lowest BCUT2D eigenvalue weighted by Gasteiger charge is -2.19. The maximum Gasteiger partial charge on any atom is 0.254 e. The van der Waals surface area contributed by atoms with Crippen LogP contribution in [0.3, 0.4) is 0 Å². The number of carbonyl (C=O) groups excluding carboxylic acids is 1. The summed E-state index contributed by atoms with van der Waals surface area (Å²) in [4.78, 5) is 19.2. The highest BCUT2D eigenvalue weighted by atomic mass is 16.2. The number of amides is 1. The fraction of sp³-hybridized carbons (Fsp3) is 0.353. The molecule has 1 aliphatic rings. The summed E-state index contributed by atoms with van der Waals surface area (Å²) in [6.07, 6.45) is 3.27. The first kappa shape index (κ1) is 13.6. The molecule has 1 amide bonds. The molecule has 1 aromatic carbocycles. The highest BCUT2D eigenvalue weighted by Crippen LogP contribution is 2.30. The van der Waals surface area contributed by atoms with E-state index in [1.54, 1.807) is 11.9 Å². The minimum Gasteiger partial charge on any atom is -0.341 e. The zero-order valence-corrected chi connectivity index (χ0v) is 12.1. The molecular formula is C17H17N3O. The Bertz CT molecular complexity index is 746. The molecule has 0 spiro atoms. The fourth-order valence-electron chi connectivity index (χ4n) is 2.97. The van der Waals surface area contributed by atoms with E-state index in [2.05, 4.69) is 6.07 Å². The first-order valence-electron chi connectivity index (χ1n) is 7.25. The van der Waals surface area contributed by atoms with Crippen molar-refractivity contribution in [2.75, 3.05) is 13.6 Å². The molecule has 1 heterocycles. The van der Waals surface area contributed by atoms with E-state index in [9.17, 15) is 4.79 Å². The zero-order valence-electron chi connectivity index (χ0n) is 12.1. The third-order valence-electron chi connectivity index (χ3n) is 4.04. The molecule has 0 atom stereocenters. The van der Waals surface area contributed by atoms with Crippen LogP contribution in [0.2, 0.25) is 0 Å². The lowest BCUT2D eigenvalue weighted by molar-refractivity contribution is 0.0799. The van der Waals surface area contributed by atoms with Crippen molar-refractivity contribution in [2.45, 2.75) is 25.7 Å². The fourth-order valence-corrected chi connectivity index (χ4v) is 2.97. The van der Waals surface area contributed by atoms with E-state index in [0.29, 0.717) is 13.0 Å². The normalized spacial score (nSPS) is 13.0. The molecule has 1 aromatic heterocycles. The van der Waals surface area contributed by atoms with Crippen molar-refractivity contribution in [1.82, 2.24) is 9.88 Å². The van der Waals surface area contributed by atoms with Crippen LogP contribution in [0.1, 0.15) is 34.5 Å². The largest absolute Gasteiger partial charge is 0.341 e. The molecular weight excluding hydrogens is 262 g/mol. The van der Waals surface area contributed by atoms with Gasteiger partial charge in [-0.1, -0.05) is 18.2 Å². The van der Waals surface area contributed by atoms with Crippen molar-refractivity contribution in [3.8, 4) is 6.07 Å². The molecule has 0 aliphatic heterocycles. The van der Waals surface area contributed by atoms with E-state index in [-0.39, 0.29) is 5.91 Å². The molecule has 0 unspecified atom stereocenters. The first-order chi connectivity index (χ1) is 10.2. The van der Waals surface area contributed by atoms with Gasteiger partial charge in [-0.25, -0.2) is 0 Å². The summed E-state index contributed by atoms with van der Waals surface area (Å²) in [7, 11) is 1.76. The summed E-state index contributed by atoms with van der Waals surface area (Å²) >= 11 is 0. The van der Waals surface area contributed by atoms with Crippen LogP contribution in [-0.2, 0) is 12.8 Å². The van der Waals surface area contributed by atoms with Gasteiger partial charge >= 0.3 is 0 Å². The van der Waals surface area contributed by atoms with Crippen LogP contribution < -0.4 is 0 Å². The number of carbonyl (C=O) groups is 1. The quantitative estimate of drug-likeness (QED) is 0.868. The van der Waals surface area contributed by atoms with Crippen molar-refractivity contribution in [1.29, 1.82) is 5.26 Å². The van der Waals surface area contributed by atoms with Crippen molar-refractivity contribution in [2.24, 2.45) is 0 Å². The predicted molar refractivity (Wildman–Crippen MR) is 81.0 cm³/mol. The van der Waals surface area contributed by atoms with Crippen LogP contribution in [-0.4, -0.2) is 29.4 Å². The average molecular weight is 279 g/mol. The summed E-state index contributed by atoms with van der Waals surface area (Å²) < 4.78 is 0. The number of pyridine rings is 1. The van der Waals surface area contributed by atoms with Crippen LogP contribution in [0.4, 0.5) is 0 Å². The van der Waals surface area contributed by atoms with Gasteiger partial charge in [0.1, 0.15) is 0 Å². The number of fused-ring (bicyclic) bond motifs is 2. The smallest absolute Gasteiger partial charge is 0.254 e. The molecule has 0 N–H and O–H groups in total. The maximum absolute atomic E-state index is 12.8. The van der Waals surface area contributed by atoms with E-state index in [1.807, 2.05) is 24.3 Å². The number of nitrogens with zero attached hydrogens (tertiary/aromatic N) is 3. The molecule has 4 nitrogen and oxygen atoms in total. The lowest BCUT2D eigenvalue weighted by atomic mass is 10.00. The Kier molecular flexibility index (Phi) is 3.57. The minimum atomic E-state index is 0.00185. The number of para-hydroxylation sites is 1. The number of rotatable bonds is 3. The molecule has 1 aliphatic carbocycles. The number of nitriles is 1. The molecule has 106 valence electrons. The Morgan fingerprint density at radius 3 is 3.00 bits per heavy atom. The number of hydrogen-bond acceptors (Lipinski definition) is 3. The SMILES string of the molecule is CN(CCC#N)C(=O)c1c2c(nc3ccccc13)CCC2. The van der Waals surface area contributed by atoms with E-state index in [0.717, 1.165) is 47.0 Å². The third-order valence-corrected chi connectivity index (χ3v) is 4.04. The van der Waals surface area contributed by atoms with Gasteiger partial charge in [-0.2, -0.15) is 5.26 Å². The minimum absolute atomic E-state index is 0.00185. The second kappa shape index (κ2) is 5.53. The predicted octanol–water partition coefficient (Wildman–Crippen LogP) is 2.71. The van der Waals surface area contributed by atoms with E-state index in [4.69, 9.17) is 10.2 Å². The molecule has 0 radical (unpaired) electrons.